The number of nitrogens with one attached hydrogen (secondary N) is 2. The summed E-state index contributed by atoms with van der Waals surface area (Å²) in [6.45, 7) is 9.45. The number of aromatic nitrogens is 1. The molecule has 0 spiro atoms. The molecule has 3 N–H and O–H groups in total. The molecule has 29 heavy (non-hydrogen) atoms. The van der Waals surface area contributed by atoms with Gasteiger partial charge in [0.1, 0.15) is 5.76 Å². The standard InChI is InChI=1S/C20H29N3O3S3/c1-6-8-27-15-11-21-12-16(28-9-7-2)18(15)22-19(24)23-29-17-10-14(13(3)26-17)20(4,5)25/h10-12,25H,6-9H2,1-5H3,(H2,21,22,23,24). The Morgan fingerprint density at radius 2 is 1.76 bits per heavy atom. The van der Waals surface area contributed by atoms with Crippen LogP contribution >= 0.6 is 35.5 Å². The minimum Gasteiger partial charge on any atom is -0.453 e. The number of aryl methyl sites for hydroxylation is 1. The van der Waals surface area contributed by atoms with Crippen LogP contribution in [0.4, 0.5) is 10.5 Å². The van der Waals surface area contributed by atoms with E-state index in [1.807, 2.05) is 0 Å². The first kappa shape index (κ1) is 24.0. The maximum absolute atomic E-state index is 12.6. The van der Waals surface area contributed by atoms with E-state index < -0.39 is 5.60 Å². The lowest BCUT2D eigenvalue weighted by Gasteiger charge is -2.15. The van der Waals surface area contributed by atoms with E-state index in [0.717, 1.165) is 51.8 Å². The van der Waals surface area contributed by atoms with Crippen molar-refractivity contribution in [1.82, 2.24) is 9.71 Å². The molecule has 0 fully saturated rings. The molecule has 0 aromatic carbocycles. The van der Waals surface area contributed by atoms with E-state index in [-0.39, 0.29) is 6.03 Å². The molecule has 0 bridgehead atoms. The van der Waals surface area contributed by atoms with Crippen LogP contribution in [-0.2, 0) is 5.60 Å². The number of aliphatic hydroxyl groups is 1. The fourth-order valence-electron chi connectivity index (χ4n) is 2.54. The number of hydrogen-bond donors (Lipinski definition) is 3. The van der Waals surface area contributed by atoms with Gasteiger partial charge in [-0.25, -0.2) is 4.79 Å². The molecule has 0 radical (unpaired) electrons. The van der Waals surface area contributed by atoms with Gasteiger partial charge in [-0.2, -0.15) is 0 Å². The van der Waals surface area contributed by atoms with Gasteiger partial charge in [0.2, 0.25) is 0 Å². The van der Waals surface area contributed by atoms with Gasteiger partial charge in [-0.3, -0.25) is 9.71 Å². The fourth-order valence-corrected chi connectivity index (χ4v) is 4.92. The highest BCUT2D eigenvalue weighted by Crippen LogP contribution is 2.36. The number of amides is 2. The van der Waals surface area contributed by atoms with E-state index in [9.17, 15) is 9.90 Å². The van der Waals surface area contributed by atoms with Crippen molar-refractivity contribution in [3.63, 3.8) is 0 Å². The molecule has 2 aromatic heterocycles. The first-order chi connectivity index (χ1) is 13.8. The summed E-state index contributed by atoms with van der Waals surface area (Å²) in [6, 6.07) is 1.41. The molecule has 0 atom stereocenters. The topological polar surface area (TPSA) is 87.4 Å². The van der Waals surface area contributed by atoms with Gasteiger partial charge in [-0.1, -0.05) is 13.8 Å². The van der Waals surface area contributed by atoms with E-state index >= 15 is 0 Å². The zero-order valence-corrected chi connectivity index (χ0v) is 19.9. The summed E-state index contributed by atoms with van der Waals surface area (Å²) in [4.78, 5) is 18.8. The lowest BCUT2D eigenvalue weighted by atomic mass is 10.00. The summed E-state index contributed by atoms with van der Waals surface area (Å²) < 4.78 is 8.40. The van der Waals surface area contributed by atoms with Gasteiger partial charge in [-0.15, -0.1) is 23.5 Å². The maximum Gasteiger partial charge on any atom is 0.329 e. The maximum atomic E-state index is 12.6. The van der Waals surface area contributed by atoms with Crippen LogP contribution < -0.4 is 10.0 Å². The highest BCUT2D eigenvalue weighted by molar-refractivity contribution is 8.00. The summed E-state index contributed by atoms with van der Waals surface area (Å²) in [5.74, 6) is 2.55. The van der Waals surface area contributed by atoms with Gasteiger partial charge in [0.05, 0.1) is 21.1 Å². The summed E-state index contributed by atoms with van der Waals surface area (Å²) >= 11 is 4.45. The number of pyridine rings is 1. The first-order valence-corrected chi connectivity index (χ1v) is 12.4. The fraction of sp³-hybridized carbons (Fsp3) is 0.500. The average molecular weight is 456 g/mol. The molecular weight excluding hydrogens is 426 g/mol. The molecule has 0 aliphatic rings. The number of urea groups is 1. The van der Waals surface area contributed by atoms with Crippen LogP contribution in [0.2, 0.25) is 0 Å². The van der Waals surface area contributed by atoms with Crippen molar-refractivity contribution >= 4 is 47.2 Å². The van der Waals surface area contributed by atoms with Crippen LogP contribution in [0.5, 0.6) is 0 Å². The number of nitrogens with zero attached hydrogens (tertiary/aromatic N) is 1. The van der Waals surface area contributed by atoms with E-state index in [0.29, 0.717) is 16.4 Å². The van der Waals surface area contributed by atoms with Crippen LogP contribution in [0.25, 0.3) is 0 Å². The van der Waals surface area contributed by atoms with Crippen molar-refractivity contribution in [1.29, 1.82) is 0 Å². The SMILES string of the molecule is CCCSc1cncc(SCCC)c1NC(=O)NSc1cc(C(C)(C)O)c(C)o1. The minimum absolute atomic E-state index is 0.336. The number of thioether (sulfide) groups is 2. The lowest BCUT2D eigenvalue weighted by Crippen LogP contribution is -2.23. The van der Waals surface area contributed by atoms with Gasteiger partial charge in [0.15, 0.2) is 5.09 Å². The molecular formula is C20H29N3O3S3. The molecule has 0 aliphatic heterocycles. The van der Waals surface area contributed by atoms with Gasteiger partial charge >= 0.3 is 6.03 Å². The van der Waals surface area contributed by atoms with E-state index in [1.54, 1.807) is 62.8 Å². The molecule has 9 heteroatoms. The van der Waals surface area contributed by atoms with E-state index in [2.05, 4.69) is 28.9 Å². The Balaban J connectivity index is 2.09. The number of carbonyl (C=O) groups is 1. The first-order valence-electron chi connectivity index (χ1n) is 9.57. The Bertz CT molecular complexity index is 793. The zero-order valence-electron chi connectivity index (χ0n) is 17.5. The van der Waals surface area contributed by atoms with Gasteiger partial charge in [-0.05, 0) is 51.2 Å². The van der Waals surface area contributed by atoms with Crippen LogP contribution in [0.1, 0.15) is 51.9 Å². The van der Waals surface area contributed by atoms with E-state index in [1.165, 1.54) is 0 Å². The lowest BCUT2D eigenvalue weighted by molar-refractivity contribution is 0.0769. The van der Waals surface area contributed by atoms with Crippen molar-refractivity contribution in [2.45, 2.75) is 67.9 Å². The number of furan rings is 1. The Morgan fingerprint density at radius 1 is 1.17 bits per heavy atom. The molecule has 0 saturated heterocycles. The highest BCUT2D eigenvalue weighted by Gasteiger charge is 2.23. The summed E-state index contributed by atoms with van der Waals surface area (Å²) in [7, 11) is 0. The number of hydrogen-bond acceptors (Lipinski definition) is 7. The molecule has 0 unspecified atom stereocenters. The molecule has 2 amide bonds. The van der Waals surface area contributed by atoms with Gasteiger partial charge in [0.25, 0.3) is 0 Å². The van der Waals surface area contributed by atoms with Crippen molar-refractivity contribution in [3.8, 4) is 0 Å². The second-order valence-corrected chi connectivity index (χ2v) is 10.0. The zero-order chi connectivity index (χ0) is 21.4. The molecule has 2 rings (SSSR count). The molecule has 0 saturated carbocycles. The third kappa shape index (κ3) is 7.16. The second kappa shape index (κ2) is 11.2. The quantitative estimate of drug-likeness (QED) is 0.297. The van der Waals surface area contributed by atoms with Crippen molar-refractivity contribution in [3.05, 3.63) is 29.8 Å². The largest absolute Gasteiger partial charge is 0.453 e. The van der Waals surface area contributed by atoms with Crippen LogP contribution in [0, 0.1) is 6.92 Å². The van der Waals surface area contributed by atoms with Crippen molar-refractivity contribution in [2.24, 2.45) is 0 Å². The monoisotopic (exact) mass is 455 g/mol. The molecule has 160 valence electrons. The predicted molar refractivity (Wildman–Crippen MR) is 123 cm³/mol. The number of rotatable bonds is 10. The molecule has 6 nitrogen and oxygen atoms in total. The Hall–Kier alpha value is -1.29. The predicted octanol–water partition coefficient (Wildman–Crippen LogP) is 6.04. The smallest absolute Gasteiger partial charge is 0.329 e. The second-order valence-electron chi connectivity index (χ2n) is 6.96. The average Bonchev–Trinajstić information content (AvgIpc) is 3.05. The van der Waals surface area contributed by atoms with Crippen LogP contribution in [0.3, 0.4) is 0 Å². The van der Waals surface area contributed by atoms with Gasteiger partial charge < -0.3 is 14.8 Å². The minimum atomic E-state index is -0.998. The van der Waals surface area contributed by atoms with E-state index in [4.69, 9.17) is 4.42 Å². The molecule has 2 heterocycles. The third-order valence-electron chi connectivity index (χ3n) is 3.84. The summed E-state index contributed by atoms with van der Waals surface area (Å²) in [5.41, 5.74) is 0.498. The Kier molecular flexibility index (Phi) is 9.26. The van der Waals surface area contributed by atoms with Crippen molar-refractivity contribution in [2.75, 3.05) is 16.8 Å². The van der Waals surface area contributed by atoms with Gasteiger partial charge in [0, 0.05) is 29.9 Å². The third-order valence-corrected chi connectivity index (χ3v) is 6.99. The van der Waals surface area contributed by atoms with Crippen LogP contribution in [0.15, 0.2) is 37.8 Å². The van der Waals surface area contributed by atoms with Crippen molar-refractivity contribution < 1.29 is 14.3 Å². The summed E-state index contributed by atoms with van der Waals surface area (Å²) in [6.07, 6.45) is 5.68. The summed E-state index contributed by atoms with van der Waals surface area (Å²) in [5, 5.41) is 13.7. The Labute approximate surface area is 185 Å². The number of carbonyl (C=O) groups excluding carboxylic acids is 1. The highest BCUT2D eigenvalue weighted by atomic mass is 32.2. The Morgan fingerprint density at radius 3 is 2.24 bits per heavy atom. The normalized spacial score (nSPS) is 11.5. The molecule has 2 aromatic rings. The molecule has 0 aliphatic carbocycles. The van der Waals surface area contributed by atoms with Crippen LogP contribution in [-0.4, -0.2) is 27.6 Å². The number of anilines is 1.